The van der Waals surface area contributed by atoms with E-state index in [1.807, 2.05) is 36.9 Å². The van der Waals surface area contributed by atoms with Gasteiger partial charge in [0, 0.05) is 23.3 Å². The number of nitrogens with zero attached hydrogens (tertiary/aromatic N) is 3. The van der Waals surface area contributed by atoms with Crippen molar-refractivity contribution in [2.45, 2.75) is 26.7 Å². The van der Waals surface area contributed by atoms with Gasteiger partial charge in [0.05, 0.1) is 5.69 Å². The van der Waals surface area contributed by atoms with Crippen molar-refractivity contribution in [3.05, 3.63) is 45.7 Å². The predicted molar refractivity (Wildman–Crippen MR) is 94.1 cm³/mol. The van der Waals surface area contributed by atoms with E-state index in [-0.39, 0.29) is 5.91 Å². The van der Waals surface area contributed by atoms with E-state index in [1.54, 1.807) is 6.07 Å². The number of benzene rings is 1. The highest BCUT2D eigenvalue weighted by molar-refractivity contribution is 9.10. The van der Waals surface area contributed by atoms with Gasteiger partial charge in [-0.15, -0.1) is 0 Å². The van der Waals surface area contributed by atoms with Gasteiger partial charge in [0.1, 0.15) is 5.69 Å². The number of carbonyl (C=O) groups excluding carboxylic acids is 1. The third kappa shape index (κ3) is 3.69. The van der Waals surface area contributed by atoms with E-state index in [1.165, 1.54) is 0 Å². The van der Waals surface area contributed by atoms with Crippen LogP contribution in [-0.4, -0.2) is 33.9 Å². The lowest BCUT2D eigenvalue weighted by Crippen LogP contribution is -2.28. The number of rotatable bonds is 3. The van der Waals surface area contributed by atoms with E-state index in [0.717, 1.165) is 47.3 Å². The van der Waals surface area contributed by atoms with Crippen molar-refractivity contribution in [1.29, 1.82) is 0 Å². The molecule has 1 aliphatic rings. The summed E-state index contributed by atoms with van der Waals surface area (Å²) in [5.41, 5.74) is 3.26. The average Bonchev–Trinajstić information content (AvgIpc) is 3.03. The van der Waals surface area contributed by atoms with Gasteiger partial charge in [-0.2, -0.15) is 0 Å². The van der Waals surface area contributed by atoms with Gasteiger partial charge >= 0.3 is 0 Å². The molecule has 1 amide bonds. The Labute approximate surface area is 144 Å². The van der Waals surface area contributed by atoms with Crippen LogP contribution in [0.1, 0.15) is 34.6 Å². The first-order chi connectivity index (χ1) is 11.0. The van der Waals surface area contributed by atoms with E-state index in [9.17, 15) is 4.79 Å². The first kappa shape index (κ1) is 15.9. The molecule has 6 heteroatoms. The number of nitrogens with one attached hydrogen (secondary N) is 1. The molecule has 0 radical (unpaired) electrons. The molecule has 1 aromatic heterocycles. The van der Waals surface area contributed by atoms with E-state index < -0.39 is 0 Å². The van der Waals surface area contributed by atoms with Crippen molar-refractivity contribution in [2.75, 3.05) is 18.4 Å². The van der Waals surface area contributed by atoms with Crippen molar-refractivity contribution in [2.24, 2.45) is 0 Å². The molecule has 0 aliphatic carbocycles. The number of halogens is 1. The van der Waals surface area contributed by atoms with Crippen LogP contribution in [0.5, 0.6) is 0 Å². The molecule has 3 rings (SSSR count). The Kier molecular flexibility index (Phi) is 4.61. The maximum Gasteiger partial charge on any atom is 0.272 e. The summed E-state index contributed by atoms with van der Waals surface area (Å²) in [4.78, 5) is 23.2. The minimum absolute atomic E-state index is 0.0148. The van der Waals surface area contributed by atoms with Crippen LogP contribution in [-0.2, 0) is 0 Å². The fraction of sp³-hybridized carbons (Fsp3) is 0.353. The quantitative estimate of drug-likeness (QED) is 0.886. The summed E-state index contributed by atoms with van der Waals surface area (Å²) in [5.74, 6) is 0.427. The second kappa shape index (κ2) is 6.66. The van der Waals surface area contributed by atoms with Crippen LogP contribution in [0.15, 0.2) is 28.7 Å². The van der Waals surface area contributed by atoms with E-state index >= 15 is 0 Å². The van der Waals surface area contributed by atoms with Crippen molar-refractivity contribution in [3.63, 3.8) is 0 Å². The molecule has 1 saturated heterocycles. The fourth-order valence-corrected chi connectivity index (χ4v) is 3.25. The summed E-state index contributed by atoms with van der Waals surface area (Å²) >= 11 is 3.53. The lowest BCUT2D eigenvalue weighted by atomic mass is 10.2. The van der Waals surface area contributed by atoms with Crippen molar-refractivity contribution >= 4 is 33.5 Å². The van der Waals surface area contributed by atoms with Gasteiger partial charge in [-0.25, -0.2) is 9.97 Å². The number of hydrogen-bond acceptors (Lipinski definition) is 4. The molecule has 0 bridgehead atoms. The van der Waals surface area contributed by atoms with Gasteiger partial charge in [-0.05, 0) is 66.4 Å². The molecule has 1 aromatic carbocycles. The second-order valence-electron chi connectivity index (χ2n) is 5.83. The van der Waals surface area contributed by atoms with Crippen LogP contribution in [0.2, 0.25) is 0 Å². The topological polar surface area (TPSA) is 58.1 Å². The molecule has 0 saturated carbocycles. The summed E-state index contributed by atoms with van der Waals surface area (Å²) in [6, 6.07) is 7.75. The van der Waals surface area contributed by atoms with Gasteiger partial charge in [-0.3, -0.25) is 4.79 Å². The lowest BCUT2D eigenvalue weighted by Gasteiger charge is -2.15. The third-order valence-corrected chi connectivity index (χ3v) is 4.49. The number of carbonyl (C=O) groups is 1. The van der Waals surface area contributed by atoms with Crippen LogP contribution in [0.3, 0.4) is 0 Å². The van der Waals surface area contributed by atoms with E-state index in [2.05, 4.69) is 31.2 Å². The molecule has 0 unspecified atom stereocenters. The van der Waals surface area contributed by atoms with Gasteiger partial charge in [0.25, 0.3) is 5.91 Å². The third-order valence-electron chi connectivity index (χ3n) is 3.84. The van der Waals surface area contributed by atoms with Crippen molar-refractivity contribution in [1.82, 2.24) is 14.9 Å². The molecule has 23 heavy (non-hydrogen) atoms. The zero-order chi connectivity index (χ0) is 16.4. The minimum Gasteiger partial charge on any atom is -0.337 e. The molecular formula is C17H19BrN4O. The Morgan fingerprint density at radius 3 is 2.61 bits per heavy atom. The molecule has 0 spiro atoms. The zero-order valence-electron chi connectivity index (χ0n) is 13.3. The van der Waals surface area contributed by atoms with Crippen molar-refractivity contribution in [3.8, 4) is 0 Å². The average molecular weight is 375 g/mol. The smallest absolute Gasteiger partial charge is 0.272 e. The van der Waals surface area contributed by atoms with Crippen LogP contribution in [0.4, 0.5) is 11.6 Å². The maximum absolute atomic E-state index is 12.5. The molecule has 1 aliphatic heterocycles. The zero-order valence-corrected chi connectivity index (χ0v) is 14.9. The van der Waals surface area contributed by atoms with E-state index in [4.69, 9.17) is 0 Å². The Morgan fingerprint density at radius 2 is 1.91 bits per heavy atom. The SMILES string of the molecule is Cc1ccc(Nc2nc(C)cc(C(=O)N3CCCC3)n2)c(Br)c1. The highest BCUT2D eigenvalue weighted by Gasteiger charge is 2.21. The largest absolute Gasteiger partial charge is 0.337 e. The normalized spacial score (nSPS) is 14.1. The summed E-state index contributed by atoms with van der Waals surface area (Å²) < 4.78 is 0.940. The number of anilines is 2. The monoisotopic (exact) mass is 374 g/mol. The molecule has 2 heterocycles. The molecule has 120 valence electrons. The molecular weight excluding hydrogens is 356 g/mol. The van der Waals surface area contributed by atoms with Crippen LogP contribution in [0, 0.1) is 13.8 Å². The molecule has 1 N–H and O–H groups in total. The Hall–Kier alpha value is -1.95. The Morgan fingerprint density at radius 1 is 1.17 bits per heavy atom. The summed E-state index contributed by atoms with van der Waals surface area (Å²) in [6.45, 7) is 5.53. The summed E-state index contributed by atoms with van der Waals surface area (Å²) in [7, 11) is 0. The first-order valence-corrected chi connectivity index (χ1v) is 8.50. The maximum atomic E-state index is 12.5. The predicted octanol–water partition coefficient (Wildman–Crippen LogP) is 3.84. The fourth-order valence-electron chi connectivity index (χ4n) is 2.66. The van der Waals surface area contributed by atoms with Gasteiger partial charge in [-0.1, -0.05) is 6.07 Å². The number of amides is 1. The Balaban J connectivity index is 1.86. The lowest BCUT2D eigenvalue weighted by molar-refractivity contribution is 0.0787. The van der Waals surface area contributed by atoms with Crippen molar-refractivity contribution < 1.29 is 4.79 Å². The van der Waals surface area contributed by atoms with E-state index in [0.29, 0.717) is 11.6 Å². The minimum atomic E-state index is -0.0148. The summed E-state index contributed by atoms with van der Waals surface area (Å²) in [6.07, 6.45) is 2.13. The molecule has 2 aromatic rings. The molecule has 1 fully saturated rings. The number of aromatic nitrogens is 2. The van der Waals surface area contributed by atoms with Crippen LogP contribution < -0.4 is 5.32 Å². The second-order valence-corrected chi connectivity index (χ2v) is 6.68. The van der Waals surface area contributed by atoms with Crippen LogP contribution >= 0.6 is 15.9 Å². The number of hydrogen-bond donors (Lipinski definition) is 1. The number of aryl methyl sites for hydroxylation is 2. The molecule has 0 atom stereocenters. The van der Waals surface area contributed by atoms with Gasteiger partial charge in [0.2, 0.25) is 5.95 Å². The highest BCUT2D eigenvalue weighted by atomic mass is 79.9. The van der Waals surface area contributed by atoms with Gasteiger partial charge in [0.15, 0.2) is 0 Å². The first-order valence-electron chi connectivity index (χ1n) is 7.71. The highest BCUT2D eigenvalue weighted by Crippen LogP contribution is 2.26. The molecule has 5 nitrogen and oxygen atoms in total. The number of likely N-dealkylation sites (tertiary alicyclic amines) is 1. The Bertz CT molecular complexity index is 741. The summed E-state index contributed by atoms with van der Waals surface area (Å²) in [5, 5.41) is 3.19. The standard InChI is InChI=1S/C17H19BrN4O/c1-11-5-6-14(13(18)9-11)20-17-19-12(2)10-15(21-17)16(23)22-7-3-4-8-22/h5-6,9-10H,3-4,7-8H2,1-2H3,(H,19,20,21). The van der Waals surface area contributed by atoms with Gasteiger partial charge < -0.3 is 10.2 Å². The van der Waals surface area contributed by atoms with Crippen LogP contribution in [0.25, 0.3) is 0 Å².